The number of likely N-dealkylation sites (tertiary alicyclic amines) is 1. The van der Waals surface area contributed by atoms with Crippen molar-refractivity contribution in [3.05, 3.63) is 23.8 Å². The lowest BCUT2D eigenvalue weighted by Gasteiger charge is -2.31. The molecule has 2 aliphatic heterocycles. The fourth-order valence-electron chi connectivity index (χ4n) is 5.38. The summed E-state index contributed by atoms with van der Waals surface area (Å²) in [7, 11) is 5.76. The molecule has 38 heavy (non-hydrogen) atoms. The van der Waals surface area contributed by atoms with Gasteiger partial charge in [-0.2, -0.15) is 0 Å². The highest BCUT2D eigenvalue weighted by molar-refractivity contribution is 5.79. The first-order chi connectivity index (χ1) is 18.1. The maximum atomic E-state index is 13.6. The molecule has 0 radical (unpaired) electrons. The van der Waals surface area contributed by atoms with Gasteiger partial charge in [0.2, 0.25) is 18.6 Å². The number of aliphatic carboxylic acids is 1. The molecule has 1 fully saturated rings. The maximum absolute atomic E-state index is 13.6. The van der Waals surface area contributed by atoms with Crippen LogP contribution in [0.2, 0.25) is 0 Å². The van der Waals surface area contributed by atoms with E-state index in [2.05, 4.69) is 11.8 Å². The molecular formula is C28H44N4O6. The van der Waals surface area contributed by atoms with Crippen LogP contribution < -0.4 is 9.47 Å². The molecule has 212 valence electrons. The van der Waals surface area contributed by atoms with Gasteiger partial charge in [0.05, 0.1) is 12.5 Å². The molecule has 1 N–H and O–H groups in total. The average Bonchev–Trinajstić information content (AvgIpc) is 3.48. The third kappa shape index (κ3) is 7.60. The van der Waals surface area contributed by atoms with Crippen molar-refractivity contribution < 1.29 is 29.0 Å². The zero-order valence-electron chi connectivity index (χ0n) is 23.5. The van der Waals surface area contributed by atoms with E-state index in [1.165, 1.54) is 6.92 Å². The minimum atomic E-state index is -0.896. The molecule has 1 aromatic rings. The number of carboxylic acid groups (broad SMARTS) is 1. The summed E-state index contributed by atoms with van der Waals surface area (Å²) in [4.78, 5) is 45.7. The molecule has 0 bridgehead atoms. The monoisotopic (exact) mass is 532 g/mol. The van der Waals surface area contributed by atoms with Crippen molar-refractivity contribution in [2.45, 2.75) is 51.5 Å². The van der Waals surface area contributed by atoms with Crippen LogP contribution in [0.4, 0.5) is 0 Å². The van der Waals surface area contributed by atoms with E-state index < -0.39 is 11.9 Å². The number of unbranched alkanes of at least 4 members (excludes halogenated alkanes) is 1. The van der Waals surface area contributed by atoms with Crippen LogP contribution in [0, 0.1) is 5.92 Å². The van der Waals surface area contributed by atoms with E-state index >= 15 is 0 Å². The number of benzene rings is 1. The maximum Gasteiger partial charge on any atom is 0.308 e. The number of carboxylic acids is 1. The summed E-state index contributed by atoms with van der Waals surface area (Å²) in [6.45, 7) is 7.04. The molecule has 2 heterocycles. The summed E-state index contributed by atoms with van der Waals surface area (Å²) in [6, 6.07) is 5.19. The van der Waals surface area contributed by atoms with Gasteiger partial charge in [0, 0.05) is 52.1 Å². The number of ether oxygens (including phenoxy) is 2. The van der Waals surface area contributed by atoms with E-state index in [1.807, 2.05) is 42.1 Å². The van der Waals surface area contributed by atoms with Crippen molar-refractivity contribution in [2.24, 2.45) is 5.92 Å². The number of rotatable bonds is 14. The van der Waals surface area contributed by atoms with Crippen LogP contribution in [0.15, 0.2) is 18.2 Å². The predicted molar refractivity (Wildman–Crippen MR) is 144 cm³/mol. The van der Waals surface area contributed by atoms with Crippen molar-refractivity contribution >= 4 is 17.8 Å². The van der Waals surface area contributed by atoms with Gasteiger partial charge in [0.25, 0.3) is 0 Å². The summed E-state index contributed by atoms with van der Waals surface area (Å²) in [5, 5.41) is 10.4. The zero-order valence-corrected chi connectivity index (χ0v) is 23.5. The number of hydrogen-bond acceptors (Lipinski definition) is 7. The molecule has 2 aliphatic rings. The second-order valence-corrected chi connectivity index (χ2v) is 10.7. The SMILES string of the molecule is CCCCN(CCCN(C)C)C(=O)CN1C[C@H](c2ccc3c(c2)OCO3)[C@@H](C(=O)O)C1CCN(C)C(C)=O. The molecular weight excluding hydrogens is 488 g/mol. The summed E-state index contributed by atoms with van der Waals surface area (Å²) in [6.07, 6.45) is 3.27. The minimum absolute atomic E-state index is 0.0256. The molecule has 2 amide bonds. The fraction of sp³-hybridized carbons (Fsp3) is 0.679. The Morgan fingerprint density at radius 2 is 1.74 bits per heavy atom. The summed E-state index contributed by atoms with van der Waals surface area (Å²) in [5.41, 5.74) is 0.857. The normalized spacial score (nSPS) is 20.6. The second-order valence-electron chi connectivity index (χ2n) is 10.7. The van der Waals surface area contributed by atoms with E-state index in [1.54, 1.807) is 11.9 Å². The van der Waals surface area contributed by atoms with Gasteiger partial charge < -0.3 is 29.3 Å². The van der Waals surface area contributed by atoms with Gasteiger partial charge in [-0.3, -0.25) is 19.3 Å². The summed E-state index contributed by atoms with van der Waals surface area (Å²) >= 11 is 0. The lowest BCUT2D eigenvalue weighted by atomic mass is 9.84. The predicted octanol–water partition coefficient (Wildman–Crippen LogP) is 2.33. The summed E-state index contributed by atoms with van der Waals surface area (Å²) in [5.74, 6) is -0.724. The molecule has 0 spiro atoms. The fourth-order valence-corrected chi connectivity index (χ4v) is 5.38. The standard InChI is InChI=1S/C28H44N4O6/c1-6-7-13-31(14-8-12-29(3)4)26(34)18-32-17-22(21-9-10-24-25(16-21)38-19-37-24)27(28(35)36)23(32)11-15-30(5)20(2)33/h9-10,16,22-23,27H,6-8,11-15,17-19H2,1-5H3,(H,35,36)/t22-,23?,27-/m1/s1. The largest absolute Gasteiger partial charge is 0.481 e. The van der Waals surface area contributed by atoms with Gasteiger partial charge in [-0.1, -0.05) is 19.4 Å². The third-order valence-electron chi connectivity index (χ3n) is 7.66. The molecule has 0 aliphatic carbocycles. The van der Waals surface area contributed by atoms with Gasteiger partial charge in [0.15, 0.2) is 11.5 Å². The molecule has 0 aromatic heterocycles. The number of hydrogen-bond donors (Lipinski definition) is 1. The Balaban J connectivity index is 1.84. The first-order valence-electron chi connectivity index (χ1n) is 13.6. The van der Waals surface area contributed by atoms with Crippen molar-refractivity contribution in [1.82, 2.24) is 19.6 Å². The van der Waals surface area contributed by atoms with Crippen molar-refractivity contribution in [1.29, 1.82) is 0 Å². The number of carbonyl (C=O) groups is 3. The minimum Gasteiger partial charge on any atom is -0.481 e. The Bertz CT molecular complexity index is 971. The highest BCUT2D eigenvalue weighted by atomic mass is 16.7. The van der Waals surface area contributed by atoms with E-state index in [0.29, 0.717) is 44.1 Å². The topological polar surface area (TPSA) is 103 Å². The Morgan fingerprint density at radius 3 is 2.39 bits per heavy atom. The van der Waals surface area contributed by atoms with Crippen LogP contribution >= 0.6 is 0 Å². The van der Waals surface area contributed by atoms with Crippen LogP contribution in [0.1, 0.15) is 51.0 Å². The molecule has 1 unspecified atom stereocenters. The first kappa shape index (κ1) is 29.7. The molecule has 3 rings (SSSR count). The van der Waals surface area contributed by atoms with E-state index in [9.17, 15) is 19.5 Å². The van der Waals surface area contributed by atoms with Crippen LogP contribution in [-0.4, -0.2) is 116 Å². The third-order valence-corrected chi connectivity index (χ3v) is 7.66. The summed E-state index contributed by atoms with van der Waals surface area (Å²) < 4.78 is 11.0. The second kappa shape index (κ2) is 13.8. The van der Waals surface area contributed by atoms with Crippen molar-refractivity contribution in [2.75, 3.05) is 67.2 Å². The van der Waals surface area contributed by atoms with Crippen molar-refractivity contribution in [3.63, 3.8) is 0 Å². The van der Waals surface area contributed by atoms with Gasteiger partial charge >= 0.3 is 5.97 Å². The number of carbonyl (C=O) groups excluding carboxylic acids is 2. The van der Waals surface area contributed by atoms with Gasteiger partial charge in [-0.15, -0.1) is 0 Å². The molecule has 3 atom stereocenters. The number of amides is 2. The Labute approximate surface area is 226 Å². The van der Waals surface area contributed by atoms with Crippen LogP contribution in [0.25, 0.3) is 0 Å². The van der Waals surface area contributed by atoms with E-state index in [0.717, 1.165) is 31.4 Å². The molecule has 0 saturated carbocycles. The van der Waals surface area contributed by atoms with Crippen LogP contribution in [0.3, 0.4) is 0 Å². The first-order valence-corrected chi connectivity index (χ1v) is 13.6. The van der Waals surface area contributed by atoms with Gasteiger partial charge in [0.1, 0.15) is 0 Å². The van der Waals surface area contributed by atoms with Crippen molar-refractivity contribution in [3.8, 4) is 11.5 Å². The Kier molecular flexibility index (Phi) is 10.8. The molecule has 1 aromatic carbocycles. The Morgan fingerprint density at radius 1 is 1.03 bits per heavy atom. The van der Waals surface area contributed by atoms with Crippen LogP contribution in [-0.2, 0) is 14.4 Å². The highest BCUT2D eigenvalue weighted by Gasteiger charge is 2.47. The zero-order chi connectivity index (χ0) is 27.8. The van der Waals surface area contributed by atoms with Gasteiger partial charge in [-0.05, 0) is 57.6 Å². The lowest BCUT2D eigenvalue weighted by Crippen LogP contribution is -2.46. The van der Waals surface area contributed by atoms with Gasteiger partial charge in [-0.25, -0.2) is 0 Å². The molecule has 10 heteroatoms. The molecule has 10 nitrogen and oxygen atoms in total. The van der Waals surface area contributed by atoms with Crippen LogP contribution in [0.5, 0.6) is 11.5 Å². The van der Waals surface area contributed by atoms with E-state index in [-0.39, 0.29) is 37.1 Å². The molecule has 1 saturated heterocycles. The number of fused-ring (bicyclic) bond motifs is 1. The quantitative estimate of drug-likeness (QED) is 0.390. The highest BCUT2D eigenvalue weighted by Crippen LogP contribution is 2.42. The number of nitrogens with zero attached hydrogens (tertiary/aromatic N) is 4. The smallest absolute Gasteiger partial charge is 0.308 e. The average molecular weight is 533 g/mol. The Hall–Kier alpha value is -2.85. The van der Waals surface area contributed by atoms with E-state index in [4.69, 9.17) is 9.47 Å². The lowest BCUT2D eigenvalue weighted by molar-refractivity contribution is -0.144.